The predicted octanol–water partition coefficient (Wildman–Crippen LogP) is 1.94. The Balaban J connectivity index is 2.02. The third kappa shape index (κ3) is 4.53. The Morgan fingerprint density at radius 3 is 2.52 bits per heavy atom. The van der Waals surface area contributed by atoms with Crippen LogP contribution in [0.25, 0.3) is 0 Å². The van der Waals surface area contributed by atoms with E-state index < -0.39 is 0 Å². The number of carbonyl (C=O) groups excluding carboxylic acids is 1. The topological polar surface area (TPSA) is 62.5 Å². The molecular formula is C17H22N2O3S. The van der Waals surface area contributed by atoms with Crippen molar-refractivity contribution >= 4 is 17.2 Å². The van der Waals surface area contributed by atoms with E-state index in [9.17, 15) is 14.7 Å². The summed E-state index contributed by atoms with van der Waals surface area (Å²) in [6, 6.07) is 9.68. The van der Waals surface area contributed by atoms with E-state index in [4.69, 9.17) is 0 Å². The first-order chi connectivity index (χ1) is 11.0. The van der Waals surface area contributed by atoms with Gasteiger partial charge in [-0.25, -0.2) is 0 Å². The number of amides is 1. The smallest absolute Gasteiger partial charge is 0.307 e. The first kappa shape index (κ1) is 17.4. The zero-order chi connectivity index (χ0) is 16.8. The minimum atomic E-state index is -0.0743. The lowest BCUT2D eigenvalue weighted by Crippen LogP contribution is -2.34. The number of aliphatic hydroxyl groups is 1. The highest BCUT2D eigenvalue weighted by Crippen LogP contribution is 2.11. The van der Waals surface area contributed by atoms with Crippen molar-refractivity contribution in [1.82, 2.24) is 9.47 Å². The summed E-state index contributed by atoms with van der Waals surface area (Å²) in [6.07, 6.45) is 0.254. The van der Waals surface area contributed by atoms with Crippen LogP contribution in [0.2, 0.25) is 0 Å². The molecule has 1 N–H and O–H groups in total. The van der Waals surface area contributed by atoms with Crippen LogP contribution in [0.15, 0.2) is 35.1 Å². The number of nitrogens with zero attached hydrogens (tertiary/aromatic N) is 2. The van der Waals surface area contributed by atoms with Gasteiger partial charge in [0.05, 0.1) is 6.61 Å². The number of aromatic nitrogens is 1. The van der Waals surface area contributed by atoms with E-state index in [0.717, 1.165) is 16.1 Å². The Hall–Kier alpha value is -1.92. The summed E-state index contributed by atoms with van der Waals surface area (Å²) in [5.41, 5.74) is 1.94. The average Bonchev–Trinajstić information content (AvgIpc) is 2.78. The van der Waals surface area contributed by atoms with Gasteiger partial charge in [-0.15, -0.1) is 0 Å². The molecule has 1 aromatic heterocycles. The summed E-state index contributed by atoms with van der Waals surface area (Å²) in [5, 5.41) is 9.19. The molecule has 0 aliphatic carbocycles. The van der Waals surface area contributed by atoms with E-state index in [1.165, 1.54) is 11.3 Å². The van der Waals surface area contributed by atoms with Gasteiger partial charge in [-0.3, -0.25) is 9.59 Å². The van der Waals surface area contributed by atoms with Crippen LogP contribution in [0.3, 0.4) is 0 Å². The number of hydrogen-bond donors (Lipinski definition) is 1. The summed E-state index contributed by atoms with van der Waals surface area (Å²) in [6.45, 7) is 4.88. The van der Waals surface area contributed by atoms with E-state index >= 15 is 0 Å². The third-order valence-corrected chi connectivity index (χ3v) is 4.86. The zero-order valence-electron chi connectivity index (χ0n) is 13.5. The lowest BCUT2D eigenvalue weighted by molar-refractivity contribution is -0.132. The Kier molecular flexibility index (Phi) is 6.12. The molecule has 0 radical (unpaired) electrons. The predicted molar refractivity (Wildman–Crippen MR) is 91.6 cm³/mol. The fraction of sp³-hybridized carbons (Fsp3) is 0.412. The van der Waals surface area contributed by atoms with Crippen molar-refractivity contribution in [3.05, 3.63) is 56.1 Å². The third-order valence-electron chi connectivity index (χ3n) is 3.86. The molecule has 0 bridgehead atoms. The van der Waals surface area contributed by atoms with Crippen LogP contribution in [-0.4, -0.2) is 33.6 Å². The molecule has 0 spiro atoms. The molecule has 0 saturated carbocycles. The van der Waals surface area contributed by atoms with Crippen molar-refractivity contribution < 1.29 is 9.90 Å². The number of benzene rings is 1. The molecular weight excluding hydrogens is 312 g/mol. The van der Waals surface area contributed by atoms with Gasteiger partial charge in [-0.05, 0) is 19.4 Å². The van der Waals surface area contributed by atoms with Gasteiger partial charge in [-0.1, -0.05) is 41.7 Å². The van der Waals surface area contributed by atoms with Crippen molar-refractivity contribution in [2.75, 3.05) is 13.2 Å². The standard InChI is InChI=1S/C17H22N2O3S/c1-13-14(2)23-17(22)19(13)9-8-16(21)18(10-11-20)12-15-6-4-3-5-7-15/h3-7,20H,8-12H2,1-2H3. The fourth-order valence-electron chi connectivity index (χ4n) is 2.43. The van der Waals surface area contributed by atoms with Crippen LogP contribution in [0.4, 0.5) is 0 Å². The van der Waals surface area contributed by atoms with E-state index in [0.29, 0.717) is 19.6 Å². The van der Waals surface area contributed by atoms with Gasteiger partial charge in [0.25, 0.3) is 0 Å². The van der Waals surface area contributed by atoms with Crippen LogP contribution in [0.1, 0.15) is 22.6 Å². The fourth-order valence-corrected chi connectivity index (χ4v) is 3.29. The van der Waals surface area contributed by atoms with E-state index in [-0.39, 0.29) is 23.8 Å². The molecule has 1 amide bonds. The second-order valence-electron chi connectivity index (χ2n) is 5.44. The first-order valence-electron chi connectivity index (χ1n) is 7.62. The Bertz CT molecular complexity index is 706. The minimum Gasteiger partial charge on any atom is -0.395 e. The molecule has 0 unspecified atom stereocenters. The lowest BCUT2D eigenvalue weighted by atomic mass is 10.2. The molecule has 23 heavy (non-hydrogen) atoms. The maximum absolute atomic E-state index is 12.4. The van der Waals surface area contributed by atoms with Gasteiger partial charge in [0.15, 0.2) is 0 Å². The molecule has 0 aliphatic rings. The zero-order valence-corrected chi connectivity index (χ0v) is 14.3. The van der Waals surface area contributed by atoms with Gasteiger partial charge in [0.1, 0.15) is 0 Å². The second-order valence-corrected chi connectivity index (χ2v) is 6.60. The highest BCUT2D eigenvalue weighted by molar-refractivity contribution is 7.09. The normalized spacial score (nSPS) is 10.7. The number of aryl methyl sites for hydroxylation is 1. The Morgan fingerprint density at radius 1 is 1.26 bits per heavy atom. The van der Waals surface area contributed by atoms with Crippen molar-refractivity contribution in [2.24, 2.45) is 0 Å². The highest BCUT2D eigenvalue weighted by atomic mass is 32.1. The van der Waals surface area contributed by atoms with E-state index in [2.05, 4.69) is 0 Å². The number of carbonyl (C=O) groups is 1. The quantitative estimate of drug-likeness (QED) is 0.842. The van der Waals surface area contributed by atoms with Gasteiger partial charge in [-0.2, -0.15) is 0 Å². The summed E-state index contributed by atoms with van der Waals surface area (Å²) >= 11 is 1.21. The van der Waals surface area contributed by atoms with Crippen LogP contribution in [0, 0.1) is 13.8 Å². The minimum absolute atomic E-state index is 0.0235. The maximum Gasteiger partial charge on any atom is 0.307 e. The number of aliphatic hydroxyl groups excluding tert-OH is 1. The van der Waals surface area contributed by atoms with Crippen LogP contribution >= 0.6 is 11.3 Å². The Labute approximate surface area is 139 Å². The molecule has 0 aliphatic heterocycles. The van der Waals surface area contributed by atoms with Crippen LogP contribution < -0.4 is 4.87 Å². The van der Waals surface area contributed by atoms with E-state index in [1.807, 2.05) is 44.2 Å². The molecule has 0 fully saturated rings. The average molecular weight is 334 g/mol. The number of hydrogen-bond acceptors (Lipinski definition) is 4. The molecule has 0 saturated heterocycles. The molecule has 2 aromatic rings. The molecule has 5 nitrogen and oxygen atoms in total. The van der Waals surface area contributed by atoms with Crippen molar-refractivity contribution in [3.8, 4) is 0 Å². The second kappa shape index (κ2) is 8.08. The van der Waals surface area contributed by atoms with Crippen molar-refractivity contribution in [2.45, 2.75) is 33.4 Å². The van der Waals surface area contributed by atoms with Gasteiger partial charge < -0.3 is 14.6 Å². The summed E-state index contributed by atoms with van der Waals surface area (Å²) < 4.78 is 1.65. The van der Waals surface area contributed by atoms with Gasteiger partial charge >= 0.3 is 4.87 Å². The molecule has 1 heterocycles. The summed E-state index contributed by atoms with van der Waals surface area (Å²) in [5.74, 6) is -0.0574. The monoisotopic (exact) mass is 334 g/mol. The van der Waals surface area contributed by atoms with Gasteiger partial charge in [0, 0.05) is 36.6 Å². The Morgan fingerprint density at radius 2 is 1.96 bits per heavy atom. The van der Waals surface area contributed by atoms with E-state index in [1.54, 1.807) is 9.47 Å². The first-order valence-corrected chi connectivity index (χ1v) is 8.44. The highest BCUT2D eigenvalue weighted by Gasteiger charge is 2.15. The molecule has 6 heteroatoms. The van der Waals surface area contributed by atoms with Crippen molar-refractivity contribution in [3.63, 3.8) is 0 Å². The summed E-state index contributed by atoms with van der Waals surface area (Å²) in [7, 11) is 0. The number of rotatable bonds is 7. The van der Waals surface area contributed by atoms with Crippen molar-refractivity contribution in [1.29, 1.82) is 0 Å². The number of thiazole rings is 1. The maximum atomic E-state index is 12.4. The lowest BCUT2D eigenvalue weighted by Gasteiger charge is -2.22. The van der Waals surface area contributed by atoms with Gasteiger partial charge in [0.2, 0.25) is 5.91 Å². The van der Waals surface area contributed by atoms with Crippen LogP contribution in [0.5, 0.6) is 0 Å². The molecule has 2 rings (SSSR count). The SMILES string of the molecule is Cc1sc(=O)n(CCC(=O)N(CCO)Cc2ccccc2)c1C. The largest absolute Gasteiger partial charge is 0.395 e. The molecule has 1 aromatic carbocycles. The molecule has 124 valence electrons. The van der Waals surface area contributed by atoms with Crippen LogP contribution in [-0.2, 0) is 17.9 Å². The molecule has 0 atom stereocenters. The summed E-state index contributed by atoms with van der Waals surface area (Å²) in [4.78, 5) is 26.9.